The molecule has 0 unspecified atom stereocenters. The fourth-order valence-corrected chi connectivity index (χ4v) is 6.38. The van der Waals surface area contributed by atoms with Gasteiger partial charge in [-0.3, -0.25) is 0 Å². The Labute approximate surface area is 250 Å². The Morgan fingerprint density at radius 3 is 2.40 bits per heavy atom. The summed E-state index contributed by atoms with van der Waals surface area (Å²) in [4.78, 5) is 22.6. The number of fused-ring (bicyclic) bond motifs is 2. The lowest BCUT2D eigenvalue weighted by Gasteiger charge is -2.43. The van der Waals surface area contributed by atoms with Gasteiger partial charge in [0.25, 0.3) is 0 Å². The first kappa shape index (κ1) is 27.0. The number of ether oxygens (including phenoxy) is 1. The van der Waals surface area contributed by atoms with Crippen molar-refractivity contribution in [1.82, 2.24) is 15.3 Å². The number of aromatic nitrogens is 2. The van der Waals surface area contributed by atoms with Crippen LogP contribution in [0.1, 0.15) is 23.2 Å². The number of nitrogens with zero attached hydrogens (tertiary/aromatic N) is 5. The van der Waals surface area contributed by atoms with Crippen molar-refractivity contribution in [2.75, 3.05) is 48.3 Å². The minimum Gasteiger partial charge on any atom is -0.507 e. The predicted molar refractivity (Wildman–Crippen MR) is 164 cm³/mol. The number of aromatic hydroxyl groups is 1. The van der Waals surface area contributed by atoms with E-state index in [1.54, 1.807) is 29.3 Å². The molecule has 0 radical (unpaired) electrons. The first-order chi connectivity index (χ1) is 21.0. The van der Waals surface area contributed by atoms with Gasteiger partial charge in [-0.05, 0) is 55.3 Å². The summed E-state index contributed by atoms with van der Waals surface area (Å²) in [7, 11) is 0. The van der Waals surface area contributed by atoms with Gasteiger partial charge in [0.05, 0.1) is 23.6 Å². The molecule has 4 heterocycles. The molecule has 0 saturated carbocycles. The van der Waals surface area contributed by atoms with Gasteiger partial charge in [0, 0.05) is 61.5 Å². The second-order valence-corrected chi connectivity index (χ2v) is 11.5. The van der Waals surface area contributed by atoms with Gasteiger partial charge in [0.15, 0.2) is 5.82 Å². The van der Waals surface area contributed by atoms with E-state index in [0.717, 1.165) is 43.1 Å². The van der Waals surface area contributed by atoms with Gasteiger partial charge in [-0.25, -0.2) is 4.79 Å². The van der Waals surface area contributed by atoms with E-state index in [2.05, 4.69) is 38.2 Å². The number of phenolic OH excluding ortho intramolecular Hbond substituents is 1. The second-order valence-electron chi connectivity index (χ2n) is 11.5. The number of hydrogen-bond acceptors (Lipinski definition) is 10. The topological polar surface area (TPSA) is 117 Å². The van der Waals surface area contributed by atoms with E-state index >= 15 is 0 Å². The van der Waals surface area contributed by atoms with Crippen LogP contribution in [0.25, 0.3) is 11.3 Å². The molecule has 3 saturated heterocycles. The molecule has 1 aromatic heterocycles. The maximum absolute atomic E-state index is 12.3. The molecule has 220 valence electrons. The quantitative estimate of drug-likeness (QED) is 0.312. The number of nitrogen functional groups attached to an aromatic ring is 1. The Bertz CT molecular complexity index is 1600. The van der Waals surface area contributed by atoms with Crippen LogP contribution in [0.2, 0.25) is 0 Å². The summed E-state index contributed by atoms with van der Waals surface area (Å²) in [6.07, 6.45) is 2.19. The van der Waals surface area contributed by atoms with Crippen molar-refractivity contribution >= 4 is 23.2 Å². The molecule has 43 heavy (non-hydrogen) atoms. The Kier molecular flexibility index (Phi) is 7.20. The van der Waals surface area contributed by atoms with Crippen molar-refractivity contribution in [3.8, 4) is 22.8 Å². The van der Waals surface area contributed by atoms with Crippen LogP contribution in [0.5, 0.6) is 11.5 Å². The van der Waals surface area contributed by atoms with Gasteiger partial charge in [-0.15, -0.1) is 15.3 Å². The van der Waals surface area contributed by atoms with E-state index in [9.17, 15) is 9.90 Å². The van der Waals surface area contributed by atoms with Gasteiger partial charge >= 0.3 is 5.97 Å². The lowest BCUT2D eigenvalue weighted by molar-refractivity contribution is -0.178. The largest absolute Gasteiger partial charge is 0.507 e. The van der Waals surface area contributed by atoms with E-state index in [1.165, 1.54) is 0 Å². The molecule has 3 fully saturated rings. The van der Waals surface area contributed by atoms with E-state index < -0.39 is 0 Å². The van der Waals surface area contributed by atoms with Crippen molar-refractivity contribution in [1.29, 1.82) is 0 Å². The highest BCUT2D eigenvalue weighted by Crippen LogP contribution is 2.39. The fraction of sp³-hybridized carbons (Fsp3) is 0.303. The number of rotatable bonds is 8. The number of nitrogens with two attached hydrogens (primary N) is 1. The van der Waals surface area contributed by atoms with E-state index in [1.807, 2.05) is 42.5 Å². The number of carbonyl (C=O) groups excluding carboxylic acids is 1. The molecule has 3 aromatic carbocycles. The van der Waals surface area contributed by atoms with Crippen molar-refractivity contribution < 1.29 is 19.5 Å². The average molecular weight is 579 g/mol. The first-order valence-corrected chi connectivity index (χ1v) is 14.7. The Hall–Kier alpha value is -4.83. The van der Waals surface area contributed by atoms with E-state index in [0.29, 0.717) is 60.3 Å². The summed E-state index contributed by atoms with van der Waals surface area (Å²) in [6.45, 7) is 3.51. The summed E-state index contributed by atoms with van der Waals surface area (Å²) < 4.78 is 6.18. The number of hydroxylamine groups is 2. The number of carbonyl (C=O) groups is 1. The predicted octanol–water partition coefficient (Wildman–Crippen LogP) is 4.37. The highest BCUT2D eigenvalue weighted by molar-refractivity contribution is 5.89. The minimum absolute atomic E-state index is 0.167. The number of phenols is 1. The third-order valence-electron chi connectivity index (χ3n) is 8.55. The Balaban J connectivity index is 0.966. The summed E-state index contributed by atoms with van der Waals surface area (Å²) in [6, 6.07) is 27.1. The zero-order valence-electron chi connectivity index (χ0n) is 23.8. The summed E-state index contributed by atoms with van der Waals surface area (Å²) >= 11 is 0. The smallest absolute Gasteiger partial charge is 0.357 e. The lowest BCUT2D eigenvalue weighted by atomic mass is 10.0. The number of piperazine rings is 1. The molecule has 0 spiro atoms. The maximum Gasteiger partial charge on any atom is 0.357 e. The summed E-state index contributed by atoms with van der Waals surface area (Å²) in [5, 5.41) is 20.5. The highest BCUT2D eigenvalue weighted by Gasteiger charge is 2.41. The molecule has 3 N–H and O–H groups in total. The number of anilines is 3. The summed E-state index contributed by atoms with van der Waals surface area (Å²) in [5.41, 5.74) is 10.1. The van der Waals surface area contributed by atoms with Gasteiger partial charge in [-0.2, -0.15) is 0 Å². The van der Waals surface area contributed by atoms with E-state index in [4.69, 9.17) is 15.3 Å². The minimum atomic E-state index is -0.332. The monoisotopic (exact) mass is 578 g/mol. The lowest BCUT2D eigenvalue weighted by Crippen LogP contribution is -2.54. The number of hydrogen-bond donors (Lipinski definition) is 2. The zero-order chi connectivity index (χ0) is 29.3. The fourth-order valence-electron chi connectivity index (χ4n) is 6.38. The molecule has 10 nitrogen and oxygen atoms in total. The standard InChI is InChI=1S/C33H34N6O4/c34-32-30(16-29(35-36-32)28-11-4-5-12-31(28)40)37-19-25-13-14-26(20-37)39(25)24-9-6-10-27(15-24)42-21-22-17-38(18-22)43-33(41)23-7-2-1-3-8-23/h1-12,15-16,22,25-26,40H,13-14,17-21H2,(H2,34,36)/t25-,26+. The van der Waals surface area contributed by atoms with Crippen molar-refractivity contribution in [2.45, 2.75) is 24.9 Å². The molecule has 4 aromatic rings. The SMILES string of the molecule is Nc1nnc(-c2ccccc2O)cc1N1C[C@H]2CC[C@@H](C1)N2c1cccc(OCC2CN(OC(=O)c3ccccc3)C2)c1. The Morgan fingerprint density at radius 2 is 1.63 bits per heavy atom. The third-order valence-corrected chi connectivity index (χ3v) is 8.55. The molecular formula is C33H34N6O4. The molecule has 10 heteroatoms. The Morgan fingerprint density at radius 1 is 0.884 bits per heavy atom. The van der Waals surface area contributed by atoms with Crippen LogP contribution in [0.3, 0.4) is 0 Å². The van der Waals surface area contributed by atoms with Gasteiger partial charge in [0.1, 0.15) is 11.5 Å². The molecule has 3 aliphatic heterocycles. The van der Waals surface area contributed by atoms with Crippen LogP contribution in [0.4, 0.5) is 17.2 Å². The van der Waals surface area contributed by atoms with Crippen LogP contribution in [0, 0.1) is 5.92 Å². The number of para-hydroxylation sites is 1. The molecule has 0 amide bonds. The van der Waals surface area contributed by atoms with Crippen LogP contribution in [-0.4, -0.2) is 71.2 Å². The third kappa shape index (κ3) is 5.53. The van der Waals surface area contributed by atoms with Crippen LogP contribution >= 0.6 is 0 Å². The molecule has 0 aliphatic carbocycles. The van der Waals surface area contributed by atoms with Crippen molar-refractivity contribution in [3.63, 3.8) is 0 Å². The second kappa shape index (κ2) is 11.4. The van der Waals surface area contributed by atoms with Crippen molar-refractivity contribution in [3.05, 3.63) is 90.5 Å². The van der Waals surface area contributed by atoms with Gasteiger partial charge in [-0.1, -0.05) is 36.4 Å². The van der Waals surface area contributed by atoms with E-state index in [-0.39, 0.29) is 11.7 Å². The molecule has 2 bridgehead atoms. The summed E-state index contributed by atoms with van der Waals surface area (Å²) in [5.74, 6) is 1.37. The molecular weight excluding hydrogens is 544 g/mol. The molecule has 7 rings (SSSR count). The van der Waals surface area contributed by atoms with Crippen LogP contribution in [-0.2, 0) is 4.84 Å². The highest BCUT2D eigenvalue weighted by atomic mass is 16.7. The maximum atomic E-state index is 12.3. The van der Waals surface area contributed by atoms with Crippen LogP contribution < -0.4 is 20.3 Å². The van der Waals surface area contributed by atoms with Gasteiger partial charge < -0.3 is 30.2 Å². The average Bonchev–Trinajstić information content (AvgIpc) is 3.28. The first-order valence-electron chi connectivity index (χ1n) is 14.7. The number of benzene rings is 3. The molecule has 3 aliphatic rings. The van der Waals surface area contributed by atoms with Crippen LogP contribution in [0.15, 0.2) is 84.9 Å². The zero-order valence-corrected chi connectivity index (χ0v) is 23.8. The van der Waals surface area contributed by atoms with Gasteiger partial charge in [0.2, 0.25) is 0 Å². The van der Waals surface area contributed by atoms with Crippen molar-refractivity contribution in [2.24, 2.45) is 5.92 Å². The molecule has 2 atom stereocenters. The normalized spacial score (nSPS) is 20.1.